The van der Waals surface area contributed by atoms with Crippen LogP contribution in [0.5, 0.6) is 0 Å². The molecule has 146 valence electrons. The van der Waals surface area contributed by atoms with Gasteiger partial charge < -0.3 is 4.90 Å². The van der Waals surface area contributed by atoms with E-state index >= 15 is 0 Å². The molecule has 1 aromatic heterocycles. The summed E-state index contributed by atoms with van der Waals surface area (Å²) in [6, 6.07) is 18.5. The Morgan fingerprint density at radius 2 is 1.68 bits per heavy atom. The monoisotopic (exact) mass is 375 g/mol. The molecule has 3 aromatic rings. The molecule has 4 nitrogen and oxygen atoms in total. The summed E-state index contributed by atoms with van der Waals surface area (Å²) >= 11 is 0. The Morgan fingerprint density at radius 3 is 2.32 bits per heavy atom. The first-order valence-electron chi connectivity index (χ1n) is 9.75. The van der Waals surface area contributed by atoms with Crippen molar-refractivity contribution in [2.24, 2.45) is 0 Å². The molecule has 1 amide bonds. The number of hydrogen-bond donors (Lipinski definition) is 0. The summed E-state index contributed by atoms with van der Waals surface area (Å²) in [6.45, 7) is 7.25. The maximum Gasteiger partial charge on any atom is 0.222 e. The highest BCUT2D eigenvalue weighted by atomic mass is 16.2. The Bertz CT molecular complexity index is 905. The highest BCUT2D eigenvalue weighted by Gasteiger charge is 2.14. The predicted molar refractivity (Wildman–Crippen MR) is 114 cm³/mol. The lowest BCUT2D eigenvalue weighted by molar-refractivity contribution is -0.130. The highest BCUT2D eigenvalue weighted by Crippen LogP contribution is 2.22. The van der Waals surface area contributed by atoms with Gasteiger partial charge in [-0.25, -0.2) is 4.68 Å². The molecule has 1 heterocycles. The Hall–Kier alpha value is -2.88. The fourth-order valence-electron chi connectivity index (χ4n) is 3.13. The third kappa shape index (κ3) is 5.10. The van der Waals surface area contributed by atoms with Crippen LogP contribution in [0.15, 0.2) is 67.0 Å². The molecular formula is C24H29N3O. The zero-order chi connectivity index (χ0) is 20.1. The molecule has 0 aliphatic carbocycles. The van der Waals surface area contributed by atoms with Crippen LogP contribution < -0.4 is 0 Å². The molecule has 0 bridgehead atoms. The van der Waals surface area contributed by atoms with Gasteiger partial charge in [0.25, 0.3) is 0 Å². The number of aryl methyl sites for hydroxylation is 1. The van der Waals surface area contributed by atoms with Gasteiger partial charge >= 0.3 is 0 Å². The molecule has 3 rings (SSSR count). The fraction of sp³-hybridized carbons (Fsp3) is 0.333. The molecule has 0 saturated carbocycles. The normalized spacial score (nSPS) is 11.4. The minimum Gasteiger partial charge on any atom is -0.341 e. The molecule has 4 heteroatoms. The van der Waals surface area contributed by atoms with Crippen LogP contribution in [-0.2, 0) is 23.2 Å². The van der Waals surface area contributed by atoms with Crippen LogP contribution in [0.3, 0.4) is 0 Å². The zero-order valence-corrected chi connectivity index (χ0v) is 17.2. The lowest BCUT2D eigenvalue weighted by Crippen LogP contribution is -2.26. The molecule has 0 N–H and O–H groups in total. The lowest BCUT2D eigenvalue weighted by atomic mass is 9.87. The van der Waals surface area contributed by atoms with Crippen molar-refractivity contribution in [1.82, 2.24) is 14.7 Å². The van der Waals surface area contributed by atoms with Crippen molar-refractivity contribution in [3.8, 4) is 5.69 Å². The minimum atomic E-state index is 0.143. The third-order valence-corrected chi connectivity index (χ3v) is 4.95. The van der Waals surface area contributed by atoms with Crippen molar-refractivity contribution < 1.29 is 4.79 Å². The van der Waals surface area contributed by atoms with Crippen LogP contribution in [0.25, 0.3) is 5.69 Å². The minimum absolute atomic E-state index is 0.143. The number of benzene rings is 2. The fourth-order valence-corrected chi connectivity index (χ4v) is 3.13. The van der Waals surface area contributed by atoms with Crippen LogP contribution >= 0.6 is 0 Å². The average Bonchev–Trinajstić information content (AvgIpc) is 3.15. The van der Waals surface area contributed by atoms with E-state index in [0.717, 1.165) is 16.8 Å². The second-order valence-electron chi connectivity index (χ2n) is 8.33. The number of hydrogen-bond acceptors (Lipinski definition) is 2. The van der Waals surface area contributed by atoms with Crippen molar-refractivity contribution in [1.29, 1.82) is 0 Å². The van der Waals surface area contributed by atoms with Crippen molar-refractivity contribution in [2.45, 2.75) is 45.6 Å². The van der Waals surface area contributed by atoms with Crippen LogP contribution in [-0.4, -0.2) is 27.6 Å². The summed E-state index contributed by atoms with van der Waals surface area (Å²) in [5.74, 6) is 0.146. The SMILES string of the molecule is CN(Cc1ccc(C(C)(C)C)cc1)C(=O)CCc1cnn(-c2ccccc2)c1. The number of aromatic nitrogens is 2. The van der Waals surface area contributed by atoms with Gasteiger partial charge in [-0.3, -0.25) is 4.79 Å². The van der Waals surface area contributed by atoms with Crippen LogP contribution in [0.4, 0.5) is 0 Å². The Labute approximate surface area is 167 Å². The number of amides is 1. The van der Waals surface area contributed by atoms with Gasteiger partial charge in [-0.1, -0.05) is 63.2 Å². The highest BCUT2D eigenvalue weighted by molar-refractivity contribution is 5.76. The molecule has 0 aliphatic heterocycles. The number of carbonyl (C=O) groups is 1. The lowest BCUT2D eigenvalue weighted by Gasteiger charge is -2.21. The third-order valence-electron chi connectivity index (χ3n) is 4.95. The first kappa shape index (κ1) is 19.9. The molecule has 0 atom stereocenters. The van der Waals surface area contributed by atoms with E-state index in [4.69, 9.17) is 0 Å². The Morgan fingerprint density at radius 1 is 1.00 bits per heavy atom. The molecule has 0 spiro atoms. The smallest absolute Gasteiger partial charge is 0.222 e. The molecule has 0 unspecified atom stereocenters. The first-order valence-corrected chi connectivity index (χ1v) is 9.75. The van der Waals surface area contributed by atoms with Crippen molar-refractivity contribution in [3.05, 3.63) is 83.7 Å². The number of carbonyl (C=O) groups excluding carboxylic acids is 1. The van der Waals surface area contributed by atoms with E-state index in [2.05, 4.69) is 50.1 Å². The van der Waals surface area contributed by atoms with Crippen LogP contribution in [0.1, 0.15) is 43.9 Å². The van der Waals surface area contributed by atoms with Crippen LogP contribution in [0.2, 0.25) is 0 Å². The summed E-state index contributed by atoms with van der Waals surface area (Å²) in [5.41, 5.74) is 4.70. The van der Waals surface area contributed by atoms with Gasteiger partial charge in [0.05, 0.1) is 11.9 Å². The molecule has 0 fully saturated rings. The second kappa shape index (κ2) is 8.42. The standard InChI is InChI=1S/C24H29N3O/c1-24(2,3)21-13-10-19(11-14-21)17-26(4)23(28)15-12-20-16-25-27(18-20)22-8-6-5-7-9-22/h5-11,13-14,16,18H,12,15,17H2,1-4H3. The number of rotatable bonds is 6. The van der Waals surface area contributed by atoms with E-state index in [0.29, 0.717) is 19.4 Å². The van der Waals surface area contributed by atoms with Gasteiger partial charge in [0, 0.05) is 26.2 Å². The molecular weight excluding hydrogens is 346 g/mol. The second-order valence-corrected chi connectivity index (χ2v) is 8.33. The van der Waals surface area contributed by atoms with Crippen molar-refractivity contribution >= 4 is 5.91 Å². The Balaban J connectivity index is 1.53. The van der Waals surface area contributed by atoms with E-state index < -0.39 is 0 Å². The van der Waals surface area contributed by atoms with Gasteiger partial charge in [-0.05, 0) is 40.7 Å². The average molecular weight is 376 g/mol. The zero-order valence-electron chi connectivity index (χ0n) is 17.2. The van der Waals surface area contributed by atoms with E-state index in [1.165, 1.54) is 5.56 Å². The molecule has 0 aliphatic rings. The summed E-state index contributed by atoms with van der Waals surface area (Å²) in [6.07, 6.45) is 5.01. The van der Waals surface area contributed by atoms with Crippen molar-refractivity contribution in [2.75, 3.05) is 7.05 Å². The largest absolute Gasteiger partial charge is 0.341 e. The molecule has 0 radical (unpaired) electrons. The van der Waals surface area contributed by atoms with E-state index in [1.807, 2.05) is 54.5 Å². The molecule has 28 heavy (non-hydrogen) atoms. The van der Waals surface area contributed by atoms with Gasteiger partial charge in [-0.2, -0.15) is 5.10 Å². The number of para-hydroxylation sites is 1. The maximum atomic E-state index is 12.5. The van der Waals surface area contributed by atoms with Crippen molar-refractivity contribution in [3.63, 3.8) is 0 Å². The van der Waals surface area contributed by atoms with E-state index in [9.17, 15) is 4.79 Å². The first-order chi connectivity index (χ1) is 13.3. The van der Waals surface area contributed by atoms with E-state index in [-0.39, 0.29) is 11.3 Å². The topological polar surface area (TPSA) is 38.1 Å². The quantitative estimate of drug-likeness (QED) is 0.623. The molecule has 0 saturated heterocycles. The summed E-state index contributed by atoms with van der Waals surface area (Å²) in [5, 5.41) is 4.40. The number of nitrogens with zero attached hydrogens (tertiary/aromatic N) is 3. The van der Waals surface area contributed by atoms with E-state index in [1.54, 1.807) is 4.90 Å². The van der Waals surface area contributed by atoms with Gasteiger partial charge in [0.15, 0.2) is 0 Å². The molecule has 2 aromatic carbocycles. The summed E-state index contributed by atoms with van der Waals surface area (Å²) in [4.78, 5) is 14.3. The Kier molecular flexibility index (Phi) is 5.98. The van der Waals surface area contributed by atoms with Gasteiger partial charge in [-0.15, -0.1) is 0 Å². The van der Waals surface area contributed by atoms with Crippen LogP contribution in [0, 0.1) is 0 Å². The maximum absolute atomic E-state index is 12.5. The van der Waals surface area contributed by atoms with Gasteiger partial charge in [0.2, 0.25) is 5.91 Å². The summed E-state index contributed by atoms with van der Waals surface area (Å²) < 4.78 is 1.85. The summed E-state index contributed by atoms with van der Waals surface area (Å²) in [7, 11) is 1.87. The van der Waals surface area contributed by atoms with Gasteiger partial charge in [0.1, 0.15) is 0 Å². The predicted octanol–water partition coefficient (Wildman–Crippen LogP) is 4.76.